The van der Waals surface area contributed by atoms with Crippen LogP contribution in [0, 0.1) is 6.92 Å². The summed E-state index contributed by atoms with van der Waals surface area (Å²) in [5.74, 6) is -0.591. The zero-order valence-corrected chi connectivity index (χ0v) is 16.7. The Morgan fingerprint density at radius 1 is 1.00 bits per heavy atom. The number of anilines is 1. The lowest BCUT2D eigenvalue weighted by atomic mass is 10.3. The number of aryl methyl sites for hydroxylation is 1. The van der Waals surface area contributed by atoms with E-state index in [2.05, 4.69) is 4.72 Å². The zero-order chi connectivity index (χ0) is 20.9. The molecule has 0 saturated carbocycles. The molecule has 0 radical (unpaired) electrons. The highest BCUT2D eigenvalue weighted by atomic mass is 32.2. The van der Waals surface area contributed by atoms with E-state index in [4.69, 9.17) is 4.42 Å². The van der Waals surface area contributed by atoms with Gasteiger partial charge in [-0.15, -0.1) is 0 Å². The summed E-state index contributed by atoms with van der Waals surface area (Å²) in [4.78, 5) is 24.5. The van der Waals surface area contributed by atoms with Crippen LogP contribution < -0.4 is 16.0 Å². The molecule has 0 saturated heterocycles. The van der Waals surface area contributed by atoms with Crippen LogP contribution >= 0.6 is 0 Å². The Hall–Kier alpha value is -3.53. The number of benzene rings is 2. The van der Waals surface area contributed by atoms with E-state index in [0.717, 1.165) is 0 Å². The fourth-order valence-electron chi connectivity index (χ4n) is 3.16. The van der Waals surface area contributed by atoms with Crippen LogP contribution in [0.4, 0.5) is 5.69 Å². The molecule has 10 heteroatoms. The van der Waals surface area contributed by atoms with Gasteiger partial charge >= 0.3 is 5.76 Å². The average molecular weight is 414 g/mol. The Balaban J connectivity index is 1.80. The molecule has 0 aliphatic heterocycles. The van der Waals surface area contributed by atoms with Crippen LogP contribution in [0.1, 0.15) is 5.69 Å². The third kappa shape index (κ3) is 2.97. The molecule has 2 heterocycles. The quantitative estimate of drug-likeness (QED) is 0.547. The second-order valence-electron chi connectivity index (χ2n) is 6.60. The number of para-hydroxylation sites is 1. The minimum absolute atomic E-state index is 0.0500. The van der Waals surface area contributed by atoms with Gasteiger partial charge in [0.1, 0.15) is 5.69 Å². The number of aromatic nitrogens is 3. The van der Waals surface area contributed by atoms with Crippen molar-refractivity contribution in [3.05, 3.63) is 75.1 Å². The largest absolute Gasteiger partial charge is 0.419 e. The molecule has 0 amide bonds. The molecule has 0 atom stereocenters. The summed E-state index contributed by atoms with van der Waals surface area (Å²) in [6.07, 6.45) is 0. The fraction of sp³-hybridized carbons (Fsp3) is 0.158. The zero-order valence-electron chi connectivity index (χ0n) is 15.9. The summed E-state index contributed by atoms with van der Waals surface area (Å²) in [5.41, 5.74) is 1.14. The van der Waals surface area contributed by atoms with Crippen LogP contribution in [0.3, 0.4) is 0 Å². The van der Waals surface area contributed by atoms with Gasteiger partial charge in [0.05, 0.1) is 21.8 Å². The third-order valence-corrected chi connectivity index (χ3v) is 6.21. The van der Waals surface area contributed by atoms with Gasteiger partial charge in [-0.2, -0.15) is 0 Å². The van der Waals surface area contributed by atoms with E-state index < -0.39 is 21.3 Å². The van der Waals surface area contributed by atoms with E-state index in [1.165, 1.54) is 34.5 Å². The Morgan fingerprint density at radius 3 is 2.38 bits per heavy atom. The van der Waals surface area contributed by atoms with Crippen LogP contribution in [-0.4, -0.2) is 22.3 Å². The molecule has 2 aromatic carbocycles. The Kier molecular flexibility index (Phi) is 4.23. The Labute approximate surface area is 165 Å². The molecule has 2 aromatic heterocycles. The molecule has 9 nitrogen and oxygen atoms in total. The number of nitrogens with zero attached hydrogens (tertiary/aromatic N) is 3. The first-order valence-electron chi connectivity index (χ1n) is 8.67. The normalized spacial score (nSPS) is 11.8. The molecule has 0 fully saturated rings. The molecule has 4 rings (SSSR count). The number of hydrogen-bond acceptors (Lipinski definition) is 5. The van der Waals surface area contributed by atoms with E-state index in [1.807, 2.05) is 6.07 Å². The Bertz CT molecular complexity index is 1460. The smallest absolute Gasteiger partial charge is 0.408 e. The number of sulfonamides is 1. The molecule has 4 aromatic rings. The van der Waals surface area contributed by atoms with Crippen LogP contribution in [0.25, 0.3) is 16.8 Å². The van der Waals surface area contributed by atoms with E-state index in [9.17, 15) is 18.0 Å². The van der Waals surface area contributed by atoms with Gasteiger partial charge < -0.3 is 4.42 Å². The summed E-state index contributed by atoms with van der Waals surface area (Å²) < 4.78 is 37.5. The van der Waals surface area contributed by atoms with E-state index in [1.54, 1.807) is 42.9 Å². The van der Waals surface area contributed by atoms with Crippen molar-refractivity contribution in [1.82, 2.24) is 13.9 Å². The van der Waals surface area contributed by atoms with Gasteiger partial charge in [-0.25, -0.2) is 17.9 Å². The van der Waals surface area contributed by atoms with Crippen LogP contribution in [0.5, 0.6) is 0 Å². The minimum Gasteiger partial charge on any atom is -0.408 e. The topological polar surface area (TPSA) is 108 Å². The highest BCUT2D eigenvalue weighted by Gasteiger charge is 2.23. The lowest BCUT2D eigenvalue weighted by Crippen LogP contribution is -2.23. The molecule has 0 aliphatic carbocycles. The number of nitrogens with one attached hydrogen (secondary N) is 1. The molecule has 1 N–H and O–H groups in total. The third-order valence-electron chi connectivity index (χ3n) is 4.86. The van der Waals surface area contributed by atoms with E-state index >= 15 is 0 Å². The molecule has 0 aliphatic rings. The van der Waals surface area contributed by atoms with Crippen LogP contribution in [0.2, 0.25) is 0 Å². The molecule has 150 valence electrons. The lowest BCUT2D eigenvalue weighted by Gasteiger charge is -2.07. The Morgan fingerprint density at radius 2 is 1.69 bits per heavy atom. The second-order valence-corrected chi connectivity index (χ2v) is 8.28. The van der Waals surface area contributed by atoms with Crippen molar-refractivity contribution in [2.45, 2.75) is 11.8 Å². The predicted octanol–water partition coefficient (Wildman–Crippen LogP) is 1.73. The van der Waals surface area contributed by atoms with Crippen molar-refractivity contribution >= 4 is 26.8 Å². The van der Waals surface area contributed by atoms with Gasteiger partial charge in [0.25, 0.3) is 15.6 Å². The van der Waals surface area contributed by atoms with Crippen LogP contribution in [-0.2, 0) is 24.1 Å². The van der Waals surface area contributed by atoms with Crippen molar-refractivity contribution in [3.8, 4) is 5.69 Å². The SMILES string of the molecule is Cc1c(NS(=O)(=O)c2ccc3c(c2)oc(=O)n3C)c(=O)n(-c2ccccc2)n1C. The minimum atomic E-state index is -4.09. The maximum absolute atomic E-state index is 12.9. The van der Waals surface area contributed by atoms with Gasteiger partial charge in [0.2, 0.25) is 0 Å². The fourth-order valence-corrected chi connectivity index (χ4v) is 4.29. The van der Waals surface area contributed by atoms with E-state index in [-0.39, 0.29) is 16.2 Å². The number of oxazole rings is 1. The first kappa shape index (κ1) is 18.8. The molecule has 0 spiro atoms. The van der Waals surface area contributed by atoms with E-state index in [0.29, 0.717) is 16.9 Å². The number of rotatable bonds is 4. The van der Waals surface area contributed by atoms with Gasteiger partial charge in [0, 0.05) is 20.2 Å². The standard InChI is InChI=1S/C19H18N4O5S/c1-12-17(18(24)23(22(12)3)13-7-5-4-6-8-13)20-29(26,27)14-9-10-15-16(11-14)28-19(25)21(15)2/h4-11,20H,1-3H3. The lowest BCUT2D eigenvalue weighted by molar-refractivity contribution is 0.527. The van der Waals surface area contributed by atoms with Crippen molar-refractivity contribution < 1.29 is 12.8 Å². The first-order chi connectivity index (χ1) is 13.7. The van der Waals surface area contributed by atoms with Crippen molar-refractivity contribution in [2.75, 3.05) is 4.72 Å². The highest BCUT2D eigenvalue weighted by Crippen LogP contribution is 2.22. The summed E-state index contributed by atoms with van der Waals surface area (Å²) in [5, 5.41) is 0. The molecule has 0 unspecified atom stereocenters. The molecule has 0 bridgehead atoms. The van der Waals surface area contributed by atoms with Crippen LogP contribution in [0.15, 0.2) is 67.4 Å². The van der Waals surface area contributed by atoms with Gasteiger partial charge in [-0.3, -0.25) is 18.8 Å². The van der Waals surface area contributed by atoms with Gasteiger partial charge in [-0.05, 0) is 31.2 Å². The monoisotopic (exact) mass is 414 g/mol. The first-order valence-corrected chi connectivity index (χ1v) is 10.2. The van der Waals surface area contributed by atoms with Gasteiger partial charge in [0.15, 0.2) is 5.58 Å². The average Bonchev–Trinajstić information content (AvgIpc) is 3.09. The summed E-state index contributed by atoms with van der Waals surface area (Å²) in [7, 11) is -0.886. The molecule has 29 heavy (non-hydrogen) atoms. The van der Waals surface area contributed by atoms with Crippen molar-refractivity contribution in [1.29, 1.82) is 0 Å². The van der Waals surface area contributed by atoms with Crippen molar-refractivity contribution in [2.24, 2.45) is 14.1 Å². The maximum atomic E-state index is 12.9. The second kappa shape index (κ2) is 6.52. The number of hydrogen-bond donors (Lipinski definition) is 1. The molecular formula is C19H18N4O5S. The number of fused-ring (bicyclic) bond motifs is 1. The summed E-state index contributed by atoms with van der Waals surface area (Å²) in [6.45, 7) is 1.65. The highest BCUT2D eigenvalue weighted by molar-refractivity contribution is 7.92. The summed E-state index contributed by atoms with van der Waals surface area (Å²) >= 11 is 0. The van der Waals surface area contributed by atoms with Crippen molar-refractivity contribution in [3.63, 3.8) is 0 Å². The predicted molar refractivity (Wildman–Crippen MR) is 108 cm³/mol. The molecular weight excluding hydrogens is 396 g/mol. The van der Waals surface area contributed by atoms with Gasteiger partial charge in [-0.1, -0.05) is 18.2 Å². The summed E-state index contributed by atoms with van der Waals surface area (Å²) in [6, 6.07) is 13.0. The maximum Gasteiger partial charge on any atom is 0.419 e.